The summed E-state index contributed by atoms with van der Waals surface area (Å²) in [6.45, 7) is 3.36. The number of methoxy groups -OCH3 is 1. The molecule has 0 aliphatic carbocycles. The molecule has 1 rings (SSSR count). The largest absolute Gasteiger partial charge is 0.384 e. The van der Waals surface area contributed by atoms with Crippen LogP contribution in [0.15, 0.2) is 12.4 Å². The van der Waals surface area contributed by atoms with E-state index in [0.717, 1.165) is 12.1 Å². The van der Waals surface area contributed by atoms with E-state index in [9.17, 15) is 4.79 Å². The van der Waals surface area contributed by atoms with E-state index in [4.69, 9.17) is 4.74 Å². The highest BCUT2D eigenvalue weighted by molar-refractivity contribution is 5.80. The van der Waals surface area contributed by atoms with Gasteiger partial charge < -0.3 is 4.74 Å². The molecule has 1 heterocycles. The van der Waals surface area contributed by atoms with Gasteiger partial charge in [0.15, 0.2) is 0 Å². The first-order chi connectivity index (χ1) is 6.76. The Morgan fingerprint density at radius 3 is 3.00 bits per heavy atom. The zero-order chi connectivity index (χ0) is 10.4. The first kappa shape index (κ1) is 10.9. The molecule has 1 aromatic rings. The van der Waals surface area contributed by atoms with E-state index in [1.807, 2.05) is 17.8 Å². The van der Waals surface area contributed by atoms with Crippen LogP contribution in [0.25, 0.3) is 0 Å². The fourth-order valence-corrected chi connectivity index (χ4v) is 1.20. The second-order valence-electron chi connectivity index (χ2n) is 3.16. The first-order valence-electron chi connectivity index (χ1n) is 4.78. The van der Waals surface area contributed by atoms with Crippen LogP contribution in [0.2, 0.25) is 0 Å². The fraction of sp³-hybridized carbons (Fsp3) is 0.600. The Labute approximate surface area is 83.9 Å². The predicted molar refractivity (Wildman–Crippen MR) is 53.1 cm³/mol. The van der Waals surface area contributed by atoms with Crippen molar-refractivity contribution in [3.05, 3.63) is 18.0 Å². The Hall–Kier alpha value is -1.16. The Balaban J connectivity index is 2.39. The van der Waals surface area contributed by atoms with E-state index >= 15 is 0 Å². The van der Waals surface area contributed by atoms with Crippen LogP contribution in [0, 0.1) is 0 Å². The molecule has 0 unspecified atom stereocenters. The molecular formula is C10H16N2O2. The number of carbonyl (C=O) groups is 1. The van der Waals surface area contributed by atoms with Crippen molar-refractivity contribution in [1.82, 2.24) is 9.78 Å². The van der Waals surface area contributed by atoms with Crippen molar-refractivity contribution in [2.45, 2.75) is 26.3 Å². The van der Waals surface area contributed by atoms with Crippen LogP contribution < -0.4 is 0 Å². The molecule has 0 fully saturated rings. The summed E-state index contributed by atoms with van der Waals surface area (Å²) in [4.78, 5) is 11.4. The third-order valence-electron chi connectivity index (χ3n) is 2.00. The van der Waals surface area contributed by atoms with Crippen LogP contribution in [0.3, 0.4) is 0 Å². The summed E-state index contributed by atoms with van der Waals surface area (Å²) in [5.74, 6) is 0.197. The minimum atomic E-state index is 0.197. The second kappa shape index (κ2) is 5.54. The lowest BCUT2D eigenvalue weighted by molar-refractivity contribution is -0.119. The molecule has 0 aromatic carbocycles. The minimum absolute atomic E-state index is 0.197. The van der Waals surface area contributed by atoms with E-state index in [1.54, 1.807) is 13.3 Å². The summed E-state index contributed by atoms with van der Waals surface area (Å²) in [7, 11) is 1.60. The van der Waals surface area contributed by atoms with Crippen molar-refractivity contribution in [3.63, 3.8) is 0 Å². The average Bonchev–Trinajstić information content (AvgIpc) is 2.62. The molecule has 0 saturated carbocycles. The molecule has 14 heavy (non-hydrogen) atoms. The topological polar surface area (TPSA) is 44.1 Å². The first-order valence-corrected chi connectivity index (χ1v) is 4.78. The fourth-order valence-electron chi connectivity index (χ4n) is 1.20. The van der Waals surface area contributed by atoms with Gasteiger partial charge in [-0.1, -0.05) is 0 Å². The third-order valence-corrected chi connectivity index (χ3v) is 2.00. The molecule has 0 atom stereocenters. The third kappa shape index (κ3) is 3.30. The maximum atomic E-state index is 11.4. The van der Waals surface area contributed by atoms with Crippen LogP contribution in [-0.2, 0) is 22.5 Å². The number of ketones is 1. The van der Waals surface area contributed by atoms with Gasteiger partial charge in [0.1, 0.15) is 5.78 Å². The van der Waals surface area contributed by atoms with Crippen molar-refractivity contribution in [2.24, 2.45) is 0 Å². The van der Waals surface area contributed by atoms with Crippen molar-refractivity contribution in [3.8, 4) is 0 Å². The number of ether oxygens (including phenoxy) is 1. The van der Waals surface area contributed by atoms with E-state index in [0.29, 0.717) is 19.4 Å². The van der Waals surface area contributed by atoms with E-state index in [1.165, 1.54) is 0 Å². The Morgan fingerprint density at radius 2 is 2.43 bits per heavy atom. The molecule has 0 spiro atoms. The standard InChI is InChI=1S/C10H16N2O2/c1-3-12-8-9(7-11-12)6-10(13)4-5-14-2/h7-8H,3-6H2,1-2H3. The van der Waals surface area contributed by atoms with Gasteiger partial charge in [0, 0.05) is 32.7 Å². The van der Waals surface area contributed by atoms with Gasteiger partial charge in [-0.3, -0.25) is 9.48 Å². The zero-order valence-electron chi connectivity index (χ0n) is 8.69. The Bertz CT molecular complexity index is 294. The number of aryl methyl sites for hydroxylation is 1. The highest BCUT2D eigenvalue weighted by atomic mass is 16.5. The molecule has 1 aromatic heterocycles. The van der Waals surface area contributed by atoms with E-state index in [2.05, 4.69) is 5.10 Å². The average molecular weight is 196 g/mol. The molecular weight excluding hydrogens is 180 g/mol. The zero-order valence-corrected chi connectivity index (χ0v) is 8.69. The van der Waals surface area contributed by atoms with Crippen molar-refractivity contribution in [1.29, 1.82) is 0 Å². The van der Waals surface area contributed by atoms with Crippen LogP contribution in [-0.4, -0.2) is 29.3 Å². The molecule has 78 valence electrons. The SMILES string of the molecule is CCn1cc(CC(=O)CCOC)cn1. The highest BCUT2D eigenvalue weighted by Gasteiger charge is 2.05. The monoisotopic (exact) mass is 196 g/mol. The van der Waals surface area contributed by atoms with Crippen molar-refractivity contribution in [2.75, 3.05) is 13.7 Å². The highest BCUT2D eigenvalue weighted by Crippen LogP contribution is 2.01. The van der Waals surface area contributed by atoms with Crippen LogP contribution in [0.5, 0.6) is 0 Å². The van der Waals surface area contributed by atoms with Gasteiger partial charge in [-0.05, 0) is 12.5 Å². The number of carbonyl (C=O) groups excluding carboxylic acids is 1. The Morgan fingerprint density at radius 1 is 1.64 bits per heavy atom. The molecule has 4 nitrogen and oxygen atoms in total. The maximum absolute atomic E-state index is 11.4. The number of aromatic nitrogens is 2. The molecule has 0 radical (unpaired) electrons. The lowest BCUT2D eigenvalue weighted by atomic mass is 10.1. The van der Waals surface area contributed by atoms with Gasteiger partial charge in [0.2, 0.25) is 0 Å². The number of Topliss-reactive ketones (excluding diaryl/α,β-unsaturated/α-hetero) is 1. The molecule has 0 amide bonds. The molecule has 0 bridgehead atoms. The van der Waals surface area contributed by atoms with Gasteiger partial charge in [-0.15, -0.1) is 0 Å². The summed E-state index contributed by atoms with van der Waals surface area (Å²) >= 11 is 0. The lowest BCUT2D eigenvalue weighted by Gasteiger charge is -1.97. The van der Waals surface area contributed by atoms with Crippen molar-refractivity contribution >= 4 is 5.78 Å². The van der Waals surface area contributed by atoms with Gasteiger partial charge >= 0.3 is 0 Å². The van der Waals surface area contributed by atoms with Gasteiger partial charge in [0.05, 0.1) is 12.8 Å². The normalized spacial score (nSPS) is 10.4. The number of hydrogen-bond donors (Lipinski definition) is 0. The smallest absolute Gasteiger partial charge is 0.139 e. The lowest BCUT2D eigenvalue weighted by Crippen LogP contribution is -2.05. The summed E-state index contributed by atoms with van der Waals surface area (Å²) in [6.07, 6.45) is 4.59. The molecule has 4 heteroatoms. The molecule has 0 N–H and O–H groups in total. The summed E-state index contributed by atoms with van der Waals surface area (Å²) in [5, 5.41) is 4.10. The number of nitrogens with zero attached hydrogens (tertiary/aromatic N) is 2. The maximum Gasteiger partial charge on any atom is 0.139 e. The number of hydrogen-bond acceptors (Lipinski definition) is 3. The van der Waals surface area contributed by atoms with E-state index in [-0.39, 0.29) is 5.78 Å². The minimum Gasteiger partial charge on any atom is -0.384 e. The quantitative estimate of drug-likeness (QED) is 0.683. The summed E-state index contributed by atoms with van der Waals surface area (Å²) in [6, 6.07) is 0. The van der Waals surface area contributed by atoms with Crippen LogP contribution >= 0.6 is 0 Å². The summed E-state index contributed by atoms with van der Waals surface area (Å²) in [5.41, 5.74) is 0.980. The molecule has 0 aliphatic heterocycles. The predicted octanol–water partition coefficient (Wildman–Crippen LogP) is 1.05. The van der Waals surface area contributed by atoms with Crippen LogP contribution in [0.4, 0.5) is 0 Å². The van der Waals surface area contributed by atoms with E-state index < -0.39 is 0 Å². The van der Waals surface area contributed by atoms with Crippen molar-refractivity contribution < 1.29 is 9.53 Å². The Kier molecular flexibility index (Phi) is 4.32. The van der Waals surface area contributed by atoms with Gasteiger partial charge in [-0.2, -0.15) is 5.10 Å². The van der Waals surface area contributed by atoms with Gasteiger partial charge in [0.25, 0.3) is 0 Å². The van der Waals surface area contributed by atoms with Crippen LogP contribution in [0.1, 0.15) is 18.9 Å². The number of rotatable bonds is 6. The molecule has 0 saturated heterocycles. The molecule has 0 aliphatic rings. The van der Waals surface area contributed by atoms with Gasteiger partial charge in [-0.25, -0.2) is 0 Å². The second-order valence-corrected chi connectivity index (χ2v) is 3.16. The summed E-state index contributed by atoms with van der Waals surface area (Å²) < 4.78 is 6.65.